The van der Waals surface area contributed by atoms with Crippen molar-refractivity contribution in [3.05, 3.63) is 78.0 Å². The second-order valence-corrected chi connectivity index (χ2v) is 6.87. The van der Waals surface area contributed by atoms with Gasteiger partial charge in [0.1, 0.15) is 0 Å². The molecule has 0 saturated carbocycles. The molecule has 4 rings (SSSR count). The summed E-state index contributed by atoms with van der Waals surface area (Å²) in [6.07, 6.45) is 3.38. The van der Waals surface area contributed by atoms with E-state index in [1.807, 2.05) is 60.7 Å². The molecule has 0 bridgehead atoms. The molecule has 1 saturated heterocycles. The summed E-state index contributed by atoms with van der Waals surface area (Å²) in [6.45, 7) is 1.18. The summed E-state index contributed by atoms with van der Waals surface area (Å²) < 4.78 is 0. The first-order valence-electron chi connectivity index (χ1n) is 9.21. The monoisotopic (exact) mass is 359 g/mol. The van der Waals surface area contributed by atoms with Gasteiger partial charge in [-0.15, -0.1) is 0 Å². The number of likely N-dealkylation sites (tertiary alicyclic amines) is 1. The number of rotatable bonds is 4. The minimum atomic E-state index is -0.130. The SMILES string of the molecule is O=C(c1ccccc1)[C@H]1CCCN(C(=O)c2ccc(-c3ccn[nH]3)cc2)C1. The molecule has 5 nitrogen and oxygen atoms in total. The molecule has 2 aromatic carbocycles. The number of benzene rings is 2. The minimum absolute atomic E-state index is 0.0169. The van der Waals surface area contributed by atoms with Crippen LogP contribution >= 0.6 is 0 Å². The number of hydrogen-bond acceptors (Lipinski definition) is 3. The van der Waals surface area contributed by atoms with E-state index in [4.69, 9.17) is 0 Å². The molecule has 5 heteroatoms. The zero-order valence-corrected chi connectivity index (χ0v) is 15.0. The lowest BCUT2D eigenvalue weighted by molar-refractivity contribution is 0.0637. The number of hydrogen-bond donors (Lipinski definition) is 1. The quantitative estimate of drug-likeness (QED) is 0.720. The number of H-pyrrole nitrogens is 1. The zero-order valence-electron chi connectivity index (χ0n) is 15.0. The summed E-state index contributed by atoms with van der Waals surface area (Å²) in [5, 5.41) is 6.86. The van der Waals surface area contributed by atoms with Crippen LogP contribution in [0.1, 0.15) is 33.6 Å². The van der Waals surface area contributed by atoms with E-state index in [0.717, 1.165) is 29.7 Å². The molecule has 0 radical (unpaired) electrons. The topological polar surface area (TPSA) is 66.1 Å². The highest BCUT2D eigenvalue weighted by Crippen LogP contribution is 2.23. The van der Waals surface area contributed by atoms with Crippen molar-refractivity contribution in [3.8, 4) is 11.3 Å². The average molecular weight is 359 g/mol. The molecular weight excluding hydrogens is 338 g/mol. The number of nitrogens with zero attached hydrogens (tertiary/aromatic N) is 2. The Hall–Kier alpha value is -3.21. The van der Waals surface area contributed by atoms with Crippen LogP contribution in [0.4, 0.5) is 0 Å². The first-order chi connectivity index (χ1) is 13.2. The van der Waals surface area contributed by atoms with Crippen LogP contribution in [0.2, 0.25) is 0 Å². The molecule has 27 heavy (non-hydrogen) atoms. The second kappa shape index (κ2) is 7.58. The van der Waals surface area contributed by atoms with E-state index >= 15 is 0 Å². The number of ketones is 1. The summed E-state index contributed by atoms with van der Waals surface area (Å²) in [5.41, 5.74) is 3.27. The highest BCUT2D eigenvalue weighted by molar-refractivity contribution is 5.99. The molecule has 3 aromatic rings. The van der Waals surface area contributed by atoms with Gasteiger partial charge in [0.15, 0.2) is 5.78 Å². The Morgan fingerprint density at radius 1 is 0.963 bits per heavy atom. The van der Waals surface area contributed by atoms with Crippen molar-refractivity contribution in [1.29, 1.82) is 0 Å². The number of Topliss-reactive ketones (excluding diaryl/α,β-unsaturated/α-hetero) is 1. The predicted octanol–water partition coefficient (Wildman–Crippen LogP) is 3.81. The third-order valence-electron chi connectivity index (χ3n) is 5.08. The average Bonchev–Trinajstić information content (AvgIpc) is 3.28. The molecule has 0 aliphatic carbocycles. The number of amides is 1. The van der Waals surface area contributed by atoms with E-state index in [1.165, 1.54) is 0 Å². The van der Waals surface area contributed by atoms with Crippen molar-refractivity contribution in [1.82, 2.24) is 15.1 Å². The maximum absolute atomic E-state index is 12.9. The number of aromatic amines is 1. The standard InChI is InChI=1S/C22H21N3O2/c26-21(17-5-2-1-3-6-17)19-7-4-14-25(15-19)22(27)18-10-8-16(9-11-18)20-12-13-23-24-20/h1-3,5-6,8-13,19H,4,7,14-15H2,(H,23,24)/t19-/m0/s1. The minimum Gasteiger partial charge on any atom is -0.338 e. The zero-order chi connectivity index (χ0) is 18.6. The fourth-order valence-electron chi connectivity index (χ4n) is 3.61. The third kappa shape index (κ3) is 3.67. The van der Waals surface area contributed by atoms with Crippen LogP contribution in [-0.2, 0) is 0 Å². The molecule has 0 unspecified atom stereocenters. The van der Waals surface area contributed by atoms with Crippen molar-refractivity contribution in [2.45, 2.75) is 12.8 Å². The Morgan fingerprint density at radius 2 is 1.74 bits per heavy atom. The Morgan fingerprint density at radius 3 is 2.44 bits per heavy atom. The highest BCUT2D eigenvalue weighted by atomic mass is 16.2. The molecular formula is C22H21N3O2. The number of piperidine rings is 1. The van der Waals surface area contributed by atoms with Crippen LogP contribution in [0.15, 0.2) is 66.9 Å². The fourth-order valence-corrected chi connectivity index (χ4v) is 3.61. The van der Waals surface area contributed by atoms with Gasteiger partial charge >= 0.3 is 0 Å². The predicted molar refractivity (Wildman–Crippen MR) is 103 cm³/mol. The molecule has 1 aromatic heterocycles. The van der Waals surface area contributed by atoms with Crippen LogP contribution < -0.4 is 0 Å². The first-order valence-corrected chi connectivity index (χ1v) is 9.21. The fraction of sp³-hybridized carbons (Fsp3) is 0.227. The van der Waals surface area contributed by atoms with E-state index in [9.17, 15) is 9.59 Å². The molecule has 1 atom stereocenters. The summed E-state index contributed by atoms with van der Waals surface area (Å²) in [4.78, 5) is 27.4. The van der Waals surface area contributed by atoms with Crippen LogP contribution in [0.3, 0.4) is 0 Å². The van der Waals surface area contributed by atoms with Gasteiger partial charge in [0.25, 0.3) is 5.91 Å². The van der Waals surface area contributed by atoms with E-state index in [1.54, 1.807) is 11.1 Å². The van der Waals surface area contributed by atoms with Gasteiger partial charge in [0.05, 0.1) is 5.69 Å². The van der Waals surface area contributed by atoms with Gasteiger partial charge in [0, 0.05) is 36.3 Å². The van der Waals surface area contributed by atoms with Crippen molar-refractivity contribution < 1.29 is 9.59 Å². The largest absolute Gasteiger partial charge is 0.338 e. The maximum Gasteiger partial charge on any atom is 0.253 e. The molecule has 136 valence electrons. The van der Waals surface area contributed by atoms with Crippen LogP contribution in [-0.4, -0.2) is 39.9 Å². The van der Waals surface area contributed by atoms with E-state index in [0.29, 0.717) is 18.7 Å². The van der Waals surface area contributed by atoms with E-state index < -0.39 is 0 Å². The van der Waals surface area contributed by atoms with Gasteiger partial charge < -0.3 is 4.90 Å². The lowest BCUT2D eigenvalue weighted by Gasteiger charge is -2.32. The Labute approximate surface area is 158 Å². The van der Waals surface area contributed by atoms with E-state index in [-0.39, 0.29) is 17.6 Å². The van der Waals surface area contributed by atoms with Crippen LogP contribution in [0, 0.1) is 5.92 Å². The Balaban J connectivity index is 1.46. The summed E-state index contributed by atoms with van der Waals surface area (Å²) in [7, 11) is 0. The number of aromatic nitrogens is 2. The summed E-state index contributed by atoms with van der Waals surface area (Å²) in [6, 6.07) is 18.7. The van der Waals surface area contributed by atoms with Crippen molar-refractivity contribution >= 4 is 11.7 Å². The maximum atomic E-state index is 12.9. The van der Waals surface area contributed by atoms with Gasteiger partial charge in [-0.1, -0.05) is 42.5 Å². The summed E-state index contributed by atoms with van der Waals surface area (Å²) in [5.74, 6) is -0.0196. The Kier molecular flexibility index (Phi) is 4.83. The van der Waals surface area contributed by atoms with Crippen molar-refractivity contribution in [2.24, 2.45) is 5.92 Å². The molecule has 1 amide bonds. The highest BCUT2D eigenvalue weighted by Gasteiger charge is 2.29. The van der Waals surface area contributed by atoms with Crippen molar-refractivity contribution in [2.75, 3.05) is 13.1 Å². The molecule has 1 aliphatic rings. The van der Waals surface area contributed by atoms with Gasteiger partial charge in [-0.05, 0) is 36.6 Å². The Bertz CT molecular complexity index is 918. The number of carbonyl (C=O) groups is 2. The number of carbonyl (C=O) groups excluding carboxylic acids is 2. The lowest BCUT2D eigenvalue weighted by Crippen LogP contribution is -2.42. The molecule has 0 spiro atoms. The van der Waals surface area contributed by atoms with Gasteiger partial charge in [-0.25, -0.2) is 0 Å². The molecule has 1 fully saturated rings. The van der Waals surface area contributed by atoms with Gasteiger partial charge in [0.2, 0.25) is 0 Å². The third-order valence-corrected chi connectivity index (χ3v) is 5.08. The summed E-state index contributed by atoms with van der Waals surface area (Å²) >= 11 is 0. The second-order valence-electron chi connectivity index (χ2n) is 6.87. The smallest absolute Gasteiger partial charge is 0.253 e. The molecule has 1 N–H and O–H groups in total. The van der Waals surface area contributed by atoms with Crippen LogP contribution in [0.25, 0.3) is 11.3 Å². The normalized spacial score (nSPS) is 16.9. The molecule has 2 heterocycles. The van der Waals surface area contributed by atoms with Crippen LogP contribution in [0.5, 0.6) is 0 Å². The van der Waals surface area contributed by atoms with E-state index in [2.05, 4.69) is 10.2 Å². The molecule has 1 aliphatic heterocycles. The first kappa shape index (κ1) is 17.2. The lowest BCUT2D eigenvalue weighted by atomic mass is 9.89. The van der Waals surface area contributed by atoms with Gasteiger partial charge in [-0.2, -0.15) is 5.10 Å². The van der Waals surface area contributed by atoms with Crippen molar-refractivity contribution in [3.63, 3.8) is 0 Å². The number of nitrogens with one attached hydrogen (secondary N) is 1. The van der Waals surface area contributed by atoms with Gasteiger partial charge in [-0.3, -0.25) is 14.7 Å².